The van der Waals surface area contributed by atoms with Crippen LogP contribution in [0.3, 0.4) is 0 Å². The van der Waals surface area contributed by atoms with Gasteiger partial charge in [-0.25, -0.2) is 0 Å². The number of carbonyl (C=O) groups excluding carboxylic acids is 3. The van der Waals surface area contributed by atoms with Crippen LogP contribution in [-0.4, -0.2) is 35.0 Å². The lowest BCUT2D eigenvalue weighted by molar-refractivity contribution is -0.128. The van der Waals surface area contributed by atoms with Gasteiger partial charge in [0.2, 0.25) is 11.8 Å². The Balaban J connectivity index is 1.72. The summed E-state index contributed by atoms with van der Waals surface area (Å²) >= 11 is 0. The number of phenols is 1. The maximum atomic E-state index is 13.0. The third-order valence-electron chi connectivity index (χ3n) is 6.04. The summed E-state index contributed by atoms with van der Waals surface area (Å²) in [7, 11) is 0. The van der Waals surface area contributed by atoms with Crippen LogP contribution in [0, 0.1) is 0 Å². The molecule has 3 amide bonds. The maximum absolute atomic E-state index is 13.0. The molecule has 2 aromatic carbocycles. The fourth-order valence-corrected chi connectivity index (χ4v) is 4.19. The first-order valence-corrected chi connectivity index (χ1v) is 11.7. The molecule has 0 heterocycles. The Labute approximate surface area is 199 Å². The first-order chi connectivity index (χ1) is 16.2. The number of amides is 3. The van der Waals surface area contributed by atoms with Crippen molar-refractivity contribution in [2.24, 2.45) is 5.73 Å². The molecule has 0 saturated heterocycles. The second-order valence-electron chi connectivity index (χ2n) is 8.85. The number of nitrogens with two attached hydrogens (primary N) is 1. The summed E-state index contributed by atoms with van der Waals surface area (Å²) < 4.78 is 6.07. The average molecular weight is 468 g/mol. The molecule has 1 fully saturated rings. The molecule has 0 bridgehead atoms. The van der Waals surface area contributed by atoms with Crippen molar-refractivity contribution >= 4 is 17.7 Å². The zero-order valence-electron chi connectivity index (χ0n) is 19.7. The van der Waals surface area contributed by atoms with E-state index in [-0.39, 0.29) is 35.7 Å². The molecule has 0 radical (unpaired) electrons. The van der Waals surface area contributed by atoms with E-state index in [0.29, 0.717) is 11.3 Å². The SMILES string of the molecule is CC(=O)NC(Cc1ccc(O)cc1)C(=O)NC(C)c1ccc(OC2CCCCC2)c(C(N)=O)c1. The summed E-state index contributed by atoms with van der Waals surface area (Å²) in [5.41, 5.74) is 7.39. The quantitative estimate of drug-likeness (QED) is 0.450. The first kappa shape index (κ1) is 25.1. The number of benzene rings is 2. The average Bonchev–Trinajstić information content (AvgIpc) is 2.80. The Morgan fingerprint density at radius 1 is 1.06 bits per heavy atom. The molecule has 2 unspecified atom stereocenters. The van der Waals surface area contributed by atoms with Gasteiger partial charge in [-0.3, -0.25) is 14.4 Å². The number of aromatic hydroxyl groups is 1. The topological polar surface area (TPSA) is 131 Å². The van der Waals surface area contributed by atoms with Gasteiger partial charge in [-0.1, -0.05) is 24.6 Å². The number of carbonyl (C=O) groups is 3. The zero-order chi connectivity index (χ0) is 24.7. The highest BCUT2D eigenvalue weighted by molar-refractivity contribution is 5.96. The summed E-state index contributed by atoms with van der Waals surface area (Å²) in [5.74, 6) is -0.690. The van der Waals surface area contributed by atoms with Crippen molar-refractivity contribution in [1.82, 2.24) is 10.6 Å². The Bertz CT molecular complexity index is 1020. The Morgan fingerprint density at radius 3 is 2.35 bits per heavy atom. The highest BCUT2D eigenvalue weighted by Crippen LogP contribution is 2.28. The van der Waals surface area contributed by atoms with Crippen molar-refractivity contribution in [2.45, 2.75) is 70.6 Å². The predicted molar refractivity (Wildman–Crippen MR) is 128 cm³/mol. The number of primary amides is 1. The van der Waals surface area contributed by atoms with Crippen molar-refractivity contribution in [3.63, 3.8) is 0 Å². The van der Waals surface area contributed by atoms with Gasteiger partial charge in [0, 0.05) is 13.3 Å². The van der Waals surface area contributed by atoms with Gasteiger partial charge in [-0.2, -0.15) is 0 Å². The van der Waals surface area contributed by atoms with Gasteiger partial charge in [-0.05, 0) is 68.0 Å². The number of rotatable bonds is 9. The number of ether oxygens (including phenoxy) is 1. The molecule has 3 rings (SSSR count). The van der Waals surface area contributed by atoms with Crippen molar-refractivity contribution in [2.75, 3.05) is 0 Å². The van der Waals surface area contributed by atoms with E-state index >= 15 is 0 Å². The highest BCUT2D eigenvalue weighted by Gasteiger charge is 2.24. The minimum atomic E-state index is -0.797. The minimum absolute atomic E-state index is 0.0770. The van der Waals surface area contributed by atoms with Gasteiger partial charge in [-0.15, -0.1) is 0 Å². The minimum Gasteiger partial charge on any atom is -0.508 e. The van der Waals surface area contributed by atoms with Crippen LogP contribution < -0.4 is 21.1 Å². The fraction of sp³-hybridized carbons (Fsp3) is 0.423. The Kier molecular flexibility index (Phi) is 8.51. The largest absolute Gasteiger partial charge is 0.508 e. The van der Waals surface area contributed by atoms with Gasteiger partial charge >= 0.3 is 0 Å². The molecule has 182 valence electrons. The second-order valence-corrected chi connectivity index (χ2v) is 8.85. The summed E-state index contributed by atoms with van der Waals surface area (Å²) in [5, 5.41) is 15.1. The summed E-state index contributed by atoms with van der Waals surface area (Å²) in [6.45, 7) is 3.15. The molecule has 8 heteroatoms. The van der Waals surface area contributed by atoms with Gasteiger partial charge in [0.05, 0.1) is 17.7 Å². The number of phenolic OH excluding ortho intramolecular Hbond substituents is 1. The maximum Gasteiger partial charge on any atom is 0.252 e. The first-order valence-electron chi connectivity index (χ1n) is 11.7. The summed E-state index contributed by atoms with van der Waals surface area (Å²) in [4.78, 5) is 36.8. The number of hydrogen-bond acceptors (Lipinski definition) is 5. The van der Waals surface area contributed by atoms with E-state index in [9.17, 15) is 19.5 Å². The van der Waals surface area contributed by atoms with Crippen LogP contribution in [0.1, 0.15) is 73.5 Å². The monoisotopic (exact) mass is 467 g/mol. The Morgan fingerprint density at radius 2 is 1.74 bits per heavy atom. The standard InChI is InChI=1S/C26H33N3O5/c1-16(28-26(33)23(29-17(2)30)14-18-8-11-20(31)12-9-18)19-10-13-24(22(15-19)25(27)32)34-21-6-4-3-5-7-21/h8-13,15-16,21,23,31H,3-7,14H2,1-2H3,(H2,27,32)(H,28,33)(H,29,30). The molecule has 1 aliphatic carbocycles. The van der Waals surface area contributed by atoms with Crippen molar-refractivity contribution < 1.29 is 24.2 Å². The highest BCUT2D eigenvalue weighted by atomic mass is 16.5. The van der Waals surface area contributed by atoms with E-state index in [0.717, 1.165) is 31.2 Å². The number of nitrogens with one attached hydrogen (secondary N) is 2. The van der Waals surface area contributed by atoms with E-state index in [1.807, 2.05) is 6.07 Å². The lowest BCUT2D eigenvalue weighted by atomic mass is 9.97. The zero-order valence-corrected chi connectivity index (χ0v) is 19.7. The normalized spacial score (nSPS) is 15.7. The van der Waals surface area contributed by atoms with Crippen LogP contribution in [0.2, 0.25) is 0 Å². The molecule has 5 N–H and O–H groups in total. The van der Waals surface area contributed by atoms with Gasteiger partial charge in [0.25, 0.3) is 5.91 Å². The van der Waals surface area contributed by atoms with Crippen LogP contribution in [0.4, 0.5) is 0 Å². The molecule has 2 atom stereocenters. The Hall–Kier alpha value is -3.55. The number of hydrogen-bond donors (Lipinski definition) is 4. The van der Waals surface area contributed by atoms with E-state index in [2.05, 4.69) is 10.6 Å². The molecule has 34 heavy (non-hydrogen) atoms. The lowest BCUT2D eigenvalue weighted by Crippen LogP contribution is -2.48. The van der Waals surface area contributed by atoms with E-state index in [1.54, 1.807) is 31.2 Å². The van der Waals surface area contributed by atoms with Gasteiger partial charge in [0.1, 0.15) is 17.5 Å². The van der Waals surface area contributed by atoms with Crippen molar-refractivity contribution in [1.29, 1.82) is 0 Å². The predicted octanol–water partition coefficient (Wildman–Crippen LogP) is 3.13. The van der Waals surface area contributed by atoms with Gasteiger partial charge in [0.15, 0.2) is 0 Å². The molecule has 2 aromatic rings. The van der Waals surface area contributed by atoms with Crippen molar-refractivity contribution in [3.8, 4) is 11.5 Å². The molecular weight excluding hydrogens is 434 g/mol. The lowest BCUT2D eigenvalue weighted by Gasteiger charge is -2.25. The van der Waals surface area contributed by atoms with Crippen LogP contribution in [0.5, 0.6) is 11.5 Å². The third-order valence-corrected chi connectivity index (χ3v) is 6.04. The molecule has 0 aliphatic heterocycles. The van der Waals surface area contributed by atoms with E-state index < -0.39 is 18.0 Å². The van der Waals surface area contributed by atoms with Crippen LogP contribution in [-0.2, 0) is 16.0 Å². The smallest absolute Gasteiger partial charge is 0.252 e. The molecule has 0 aromatic heterocycles. The third kappa shape index (κ3) is 6.97. The fourth-order valence-electron chi connectivity index (χ4n) is 4.19. The van der Waals surface area contributed by atoms with E-state index in [1.165, 1.54) is 25.5 Å². The van der Waals surface area contributed by atoms with Gasteiger partial charge < -0.3 is 26.2 Å². The second kappa shape index (κ2) is 11.5. The van der Waals surface area contributed by atoms with Crippen LogP contribution in [0.25, 0.3) is 0 Å². The molecule has 0 spiro atoms. The molecule has 1 aliphatic rings. The van der Waals surface area contributed by atoms with E-state index in [4.69, 9.17) is 10.5 Å². The summed E-state index contributed by atoms with van der Waals surface area (Å²) in [6.07, 6.45) is 5.67. The van der Waals surface area contributed by atoms with Crippen LogP contribution >= 0.6 is 0 Å². The molecular formula is C26H33N3O5. The summed E-state index contributed by atoms with van der Waals surface area (Å²) in [6, 6.07) is 10.4. The van der Waals surface area contributed by atoms with Crippen molar-refractivity contribution in [3.05, 3.63) is 59.2 Å². The molecule has 8 nitrogen and oxygen atoms in total. The molecule has 1 saturated carbocycles. The van der Waals surface area contributed by atoms with Crippen LogP contribution in [0.15, 0.2) is 42.5 Å².